The van der Waals surface area contributed by atoms with Crippen LogP contribution in [0.25, 0.3) is 0 Å². The Bertz CT molecular complexity index is 6530. The summed E-state index contributed by atoms with van der Waals surface area (Å²) >= 11 is 0. The summed E-state index contributed by atoms with van der Waals surface area (Å²) in [5, 5.41) is 14.2. The number of ether oxygens (including phenoxy) is 9. The zero-order valence-corrected chi connectivity index (χ0v) is 87.0. The van der Waals surface area contributed by atoms with Gasteiger partial charge in [0.05, 0.1) is 114 Å². The lowest BCUT2D eigenvalue weighted by Crippen LogP contribution is -2.14. The zero-order valence-electron chi connectivity index (χ0n) is 87.0. The van der Waals surface area contributed by atoms with Crippen molar-refractivity contribution in [2.24, 2.45) is 0 Å². The summed E-state index contributed by atoms with van der Waals surface area (Å²) in [4.78, 5) is 83.6. The molecule has 5 amide bonds. The van der Waals surface area contributed by atoms with Gasteiger partial charge in [0.2, 0.25) is 0 Å². The van der Waals surface area contributed by atoms with E-state index in [4.69, 9.17) is 42.6 Å². The van der Waals surface area contributed by atoms with Crippen LogP contribution in [0.4, 0.5) is 28.4 Å². The number of hydrogen-bond donors (Lipinski definition) is 5. The first kappa shape index (κ1) is 113. The van der Waals surface area contributed by atoms with Crippen molar-refractivity contribution in [2.75, 3.05) is 53.0 Å². The van der Waals surface area contributed by atoms with E-state index in [1.807, 2.05) is 159 Å². The normalized spacial score (nSPS) is 10.5. The Morgan fingerprint density at radius 1 is 0.208 bits per heavy atom. The highest BCUT2D eigenvalue weighted by molar-refractivity contribution is 6.09. The van der Waals surface area contributed by atoms with E-state index in [2.05, 4.69) is 123 Å². The summed E-state index contributed by atoms with van der Waals surface area (Å²) in [6.45, 7) is 21.5. The van der Waals surface area contributed by atoms with Gasteiger partial charge in [-0.2, -0.15) is 0 Å². The van der Waals surface area contributed by atoms with Gasteiger partial charge in [-0.25, -0.2) is 0 Å². The predicted molar refractivity (Wildman–Crippen MR) is 594 cm³/mol. The maximum absolute atomic E-state index is 12.8. The Kier molecular flexibility index (Phi) is 49.3. The third-order valence-corrected chi connectivity index (χ3v) is 23.6. The molecule has 0 bridgehead atoms. The molecule has 0 aliphatic heterocycles. The molecule has 0 aliphatic rings. The van der Waals surface area contributed by atoms with Crippen LogP contribution in [-0.4, -0.2) is 80.9 Å². The minimum atomic E-state index is -0.237. The van der Waals surface area contributed by atoms with Gasteiger partial charge in [0.25, 0.3) is 29.5 Å². The molecule has 0 radical (unpaired) electrons. The number of benzene rings is 10. The van der Waals surface area contributed by atoms with Crippen molar-refractivity contribution < 1.29 is 66.6 Å². The Hall–Kier alpha value is -16.5. The lowest BCUT2D eigenvalue weighted by molar-refractivity contribution is 0.101. The van der Waals surface area contributed by atoms with Gasteiger partial charge in [-0.1, -0.05) is 262 Å². The number of anilines is 5. The van der Waals surface area contributed by atoms with E-state index >= 15 is 0 Å². The number of aryl methyl sites for hydroxylation is 4. The molecule has 0 aliphatic carbocycles. The highest BCUT2D eigenvalue weighted by Crippen LogP contribution is 2.33. The first-order valence-electron chi connectivity index (χ1n) is 51.6. The van der Waals surface area contributed by atoms with E-state index in [9.17, 15) is 24.0 Å². The monoisotopic (exact) mass is 2010 g/mol. The van der Waals surface area contributed by atoms with E-state index in [0.717, 1.165) is 87.6 Å². The molecule has 774 valence electrons. The molecule has 5 aromatic heterocycles. The van der Waals surface area contributed by atoms with Crippen LogP contribution in [-0.2, 0) is 33.0 Å². The summed E-state index contributed by atoms with van der Waals surface area (Å²) in [7, 11) is 0. The molecular formula is C125H140N10O14. The van der Waals surface area contributed by atoms with Crippen molar-refractivity contribution in [1.29, 1.82) is 0 Å². The third-order valence-electron chi connectivity index (χ3n) is 23.6. The molecule has 15 aromatic rings. The number of pyridine rings is 5. The zero-order chi connectivity index (χ0) is 105. The molecule has 0 spiro atoms. The molecular weight excluding hydrogens is 1870 g/mol. The number of para-hydroxylation sites is 7. The first-order chi connectivity index (χ1) is 73.0. The molecule has 0 saturated heterocycles. The number of amides is 5. The molecule has 0 unspecified atom stereocenters. The average molecular weight is 2010 g/mol. The van der Waals surface area contributed by atoms with E-state index in [1.165, 1.54) is 101 Å². The second-order valence-electron chi connectivity index (χ2n) is 35.6. The highest BCUT2D eigenvalue weighted by atomic mass is 16.5. The van der Waals surface area contributed by atoms with Crippen LogP contribution in [0.5, 0.6) is 51.7 Å². The second-order valence-corrected chi connectivity index (χ2v) is 35.6. The molecule has 0 atom stereocenters. The van der Waals surface area contributed by atoms with Crippen molar-refractivity contribution in [1.82, 2.24) is 24.9 Å². The number of aromatic nitrogens is 5. The van der Waals surface area contributed by atoms with Crippen molar-refractivity contribution in [2.45, 2.75) is 204 Å². The van der Waals surface area contributed by atoms with Crippen LogP contribution < -0.4 is 69.2 Å². The van der Waals surface area contributed by atoms with E-state index < -0.39 is 0 Å². The molecule has 5 heterocycles. The summed E-state index contributed by atoms with van der Waals surface area (Å²) in [6, 6.07) is 88.3. The van der Waals surface area contributed by atoms with E-state index in [-0.39, 0.29) is 29.5 Å². The largest absolute Gasteiger partial charge is 0.493 e. The van der Waals surface area contributed by atoms with Gasteiger partial charge in [0, 0.05) is 53.2 Å². The van der Waals surface area contributed by atoms with Crippen molar-refractivity contribution in [3.63, 3.8) is 0 Å². The SMILES string of the molecule is CCCCCCCOc1ccc(C)cc1COc1ccccc1C(=O)Nc1cccnc1.CCCCCCCOc1ccccc1COc1ccccc1C(=O)Nc1cccnc1.CCCCCCOc1ccc(C)cc1COc1ccccc1C(=O)Nc1cccnc1.CCCCCCOc1ccccc1COc1ccccc1C(=O)Nc1cccnc1.Cc1ccc(C)c(COc2ccccc2C(=O)Nc2cccnc2)c1. The Labute approximate surface area is 878 Å². The molecule has 10 aromatic carbocycles. The predicted octanol–water partition coefficient (Wildman–Crippen LogP) is 29.4. The Morgan fingerprint density at radius 2 is 0.423 bits per heavy atom. The molecule has 24 nitrogen and oxygen atoms in total. The fraction of sp³-hybridized carbons (Fsp3) is 0.280. The molecule has 149 heavy (non-hydrogen) atoms. The summed E-state index contributed by atoms with van der Waals surface area (Å²) in [5.74, 6) is 4.83. The third kappa shape index (κ3) is 40.1. The first-order valence-corrected chi connectivity index (χ1v) is 51.6. The van der Waals surface area contributed by atoms with Gasteiger partial charge >= 0.3 is 0 Å². The maximum Gasteiger partial charge on any atom is 0.259 e. The molecule has 5 N–H and O–H groups in total. The Balaban J connectivity index is 0.000000177. The second kappa shape index (κ2) is 65.1. The van der Waals surface area contributed by atoms with Gasteiger partial charge in [-0.15, -0.1) is 0 Å². The standard InChI is InChI=1S/C27H32N2O3.2C26H30N2O3.C25H28N2O3.C21H20N2O2/c1-3-4-5-6-9-17-31-25-15-14-21(2)18-22(25)20-32-26-13-8-7-12-24(26)27(30)29-23-11-10-16-28-19-23;1-3-4-5-8-16-30-24-14-13-20(2)17-21(24)19-31-25-12-7-6-11-23(25)26(29)28-22-10-9-15-27-18-22;1-2-3-4-5-10-18-30-24-15-8-6-12-21(24)20-31-25-16-9-7-14-23(25)26(29)28-22-13-11-17-27-19-22;1-2-3-4-9-17-29-23-14-7-5-11-20(23)19-30-24-15-8-6-13-22(24)25(28)27-21-12-10-16-26-18-21;1-15-9-10-16(2)17(12-15)14-25-20-8-4-3-7-19(20)21(24)23-18-6-5-11-22-13-18/h7-8,10-16,18-19H,3-6,9,17,20H2,1-2H3,(H,29,30);6-7,9-15,17-18H,3-5,8,16,19H2,1-2H3,(H,28,29);6-9,11-17,19H,2-5,10,18,20H2,1H3,(H,28,29);5-8,10-16,18H,2-4,9,17,19H2,1H3,(H,27,28);3-13H,14H2,1-2H3,(H,23,24). The minimum Gasteiger partial charge on any atom is -0.493 e. The lowest BCUT2D eigenvalue weighted by atomic mass is 10.1. The topological polar surface area (TPSA) is 293 Å². The van der Waals surface area contributed by atoms with Gasteiger partial charge in [0.1, 0.15) is 84.8 Å². The number of carbonyl (C=O) groups is 5. The quantitative estimate of drug-likeness (QED) is 0.0221. The molecule has 15 rings (SSSR count). The van der Waals surface area contributed by atoms with Crippen LogP contribution in [0, 0.1) is 27.7 Å². The number of unbranched alkanes of at least 4 members (excludes halogenated alkanes) is 14. The van der Waals surface area contributed by atoms with Gasteiger partial charge in [0.15, 0.2) is 0 Å². The molecule has 0 saturated carbocycles. The lowest BCUT2D eigenvalue weighted by Gasteiger charge is -2.15. The Morgan fingerprint density at radius 3 is 0.685 bits per heavy atom. The number of rotatable bonds is 51. The van der Waals surface area contributed by atoms with Crippen molar-refractivity contribution in [3.8, 4) is 51.7 Å². The van der Waals surface area contributed by atoms with Gasteiger partial charge in [-0.05, 0) is 222 Å². The van der Waals surface area contributed by atoms with Crippen LogP contribution >= 0.6 is 0 Å². The van der Waals surface area contributed by atoms with Crippen molar-refractivity contribution >= 4 is 58.0 Å². The van der Waals surface area contributed by atoms with Gasteiger partial charge < -0.3 is 69.2 Å². The van der Waals surface area contributed by atoms with Crippen LogP contribution in [0.15, 0.2) is 347 Å². The number of carbonyl (C=O) groups excluding carboxylic acids is 5. The molecule has 24 heteroatoms. The summed E-state index contributed by atoms with van der Waals surface area (Å²) in [5.41, 5.74) is 15.2. The van der Waals surface area contributed by atoms with Crippen LogP contribution in [0.2, 0.25) is 0 Å². The van der Waals surface area contributed by atoms with Crippen LogP contribution in [0.3, 0.4) is 0 Å². The number of hydrogen-bond acceptors (Lipinski definition) is 19. The summed E-state index contributed by atoms with van der Waals surface area (Å²) in [6.07, 6.45) is 37.7. The van der Waals surface area contributed by atoms with E-state index in [1.54, 1.807) is 171 Å². The number of nitrogens with one attached hydrogen (secondary N) is 5. The smallest absolute Gasteiger partial charge is 0.259 e. The fourth-order valence-corrected chi connectivity index (χ4v) is 15.5. The minimum absolute atomic E-state index is 0.218. The van der Waals surface area contributed by atoms with Crippen molar-refractivity contribution in [3.05, 3.63) is 425 Å². The van der Waals surface area contributed by atoms with Crippen LogP contribution in [0.1, 0.15) is 245 Å². The molecule has 0 fully saturated rings. The summed E-state index contributed by atoms with van der Waals surface area (Å²) < 4.78 is 54.2. The highest BCUT2D eigenvalue weighted by Gasteiger charge is 2.22. The average Bonchev–Trinajstić information content (AvgIpc) is 0.838. The fourth-order valence-electron chi connectivity index (χ4n) is 15.5. The maximum atomic E-state index is 12.8. The number of nitrogens with zero attached hydrogens (tertiary/aromatic N) is 5. The van der Waals surface area contributed by atoms with E-state index in [0.29, 0.717) is 144 Å². The van der Waals surface area contributed by atoms with Gasteiger partial charge in [-0.3, -0.25) is 48.9 Å².